The first kappa shape index (κ1) is 13.1. The lowest BCUT2D eigenvalue weighted by atomic mass is 9.98. The highest BCUT2D eigenvalue weighted by molar-refractivity contribution is 5.52. The average Bonchev–Trinajstić information content (AvgIpc) is 2.39. The van der Waals surface area contributed by atoms with Crippen LogP contribution in [0.2, 0.25) is 0 Å². The molecule has 18 heavy (non-hydrogen) atoms. The lowest BCUT2D eigenvalue weighted by molar-refractivity contribution is 0.241. The summed E-state index contributed by atoms with van der Waals surface area (Å²) < 4.78 is 5.83. The third-order valence-electron chi connectivity index (χ3n) is 3.27. The van der Waals surface area contributed by atoms with Gasteiger partial charge in [0, 0.05) is 19.3 Å². The Kier molecular flexibility index (Phi) is 4.42. The van der Waals surface area contributed by atoms with E-state index in [0.29, 0.717) is 5.92 Å². The number of hydrogen-bond acceptors (Lipinski definition) is 4. The van der Waals surface area contributed by atoms with E-state index in [-0.39, 0.29) is 6.10 Å². The molecule has 2 rings (SSSR count). The van der Waals surface area contributed by atoms with Crippen molar-refractivity contribution >= 4 is 5.82 Å². The van der Waals surface area contributed by atoms with Crippen LogP contribution in [0.1, 0.15) is 26.7 Å². The molecule has 0 saturated carbocycles. The molecular weight excluding hydrogens is 226 g/mol. The summed E-state index contributed by atoms with van der Waals surface area (Å²) in [4.78, 5) is 6.79. The van der Waals surface area contributed by atoms with Crippen molar-refractivity contribution in [3.63, 3.8) is 0 Å². The minimum Gasteiger partial charge on any atom is -0.487 e. The number of piperidine rings is 1. The van der Waals surface area contributed by atoms with E-state index >= 15 is 0 Å². The van der Waals surface area contributed by atoms with Crippen molar-refractivity contribution in [1.82, 2.24) is 4.98 Å². The topological polar surface area (TPSA) is 51.4 Å². The Bertz CT molecular complexity index is 381. The molecule has 100 valence electrons. The Morgan fingerprint density at radius 1 is 1.56 bits per heavy atom. The molecule has 0 aliphatic carbocycles. The number of pyridine rings is 1. The minimum absolute atomic E-state index is 0.169. The van der Waals surface area contributed by atoms with E-state index in [1.165, 1.54) is 12.8 Å². The quantitative estimate of drug-likeness (QED) is 0.887. The summed E-state index contributed by atoms with van der Waals surface area (Å²) in [7, 11) is 0. The molecule has 1 unspecified atom stereocenters. The number of aromatic nitrogens is 1. The Labute approximate surface area is 109 Å². The fourth-order valence-electron chi connectivity index (χ4n) is 2.42. The molecule has 1 saturated heterocycles. The fraction of sp³-hybridized carbons (Fsp3) is 0.643. The van der Waals surface area contributed by atoms with Crippen LogP contribution in [0.4, 0.5) is 5.82 Å². The standard InChI is InChI=1S/C14H23N3O/c1-11(2)18-13-6-3-7-16-14(13)17-8-4-5-12(9-15)10-17/h3,6-7,11-12H,4-5,8-10,15H2,1-2H3. The van der Waals surface area contributed by atoms with E-state index in [9.17, 15) is 0 Å². The zero-order valence-electron chi connectivity index (χ0n) is 11.3. The van der Waals surface area contributed by atoms with Crippen molar-refractivity contribution in [3.8, 4) is 5.75 Å². The second-order valence-corrected chi connectivity index (χ2v) is 5.18. The Morgan fingerprint density at radius 3 is 3.11 bits per heavy atom. The summed E-state index contributed by atoms with van der Waals surface area (Å²) in [6.45, 7) is 6.86. The van der Waals surface area contributed by atoms with Crippen LogP contribution < -0.4 is 15.4 Å². The Morgan fingerprint density at radius 2 is 2.39 bits per heavy atom. The summed E-state index contributed by atoms with van der Waals surface area (Å²) in [6.07, 6.45) is 4.40. The van der Waals surface area contributed by atoms with Gasteiger partial charge in [0.25, 0.3) is 0 Å². The Balaban J connectivity index is 2.16. The number of rotatable bonds is 4. The number of hydrogen-bond donors (Lipinski definition) is 1. The molecule has 1 aromatic heterocycles. The van der Waals surface area contributed by atoms with Crippen LogP contribution in [0, 0.1) is 5.92 Å². The molecule has 0 amide bonds. The van der Waals surface area contributed by atoms with Crippen molar-refractivity contribution in [2.45, 2.75) is 32.8 Å². The van der Waals surface area contributed by atoms with Gasteiger partial charge in [-0.3, -0.25) is 0 Å². The van der Waals surface area contributed by atoms with Gasteiger partial charge in [-0.15, -0.1) is 0 Å². The molecule has 1 atom stereocenters. The third-order valence-corrected chi connectivity index (χ3v) is 3.27. The lowest BCUT2D eigenvalue weighted by Crippen LogP contribution is -2.39. The highest BCUT2D eigenvalue weighted by Crippen LogP contribution is 2.29. The number of nitrogens with two attached hydrogens (primary N) is 1. The number of ether oxygens (including phenoxy) is 1. The maximum absolute atomic E-state index is 5.83. The van der Waals surface area contributed by atoms with Gasteiger partial charge in [-0.25, -0.2) is 4.98 Å². The van der Waals surface area contributed by atoms with Crippen LogP contribution in [0.3, 0.4) is 0 Å². The highest BCUT2D eigenvalue weighted by Gasteiger charge is 2.22. The van der Waals surface area contributed by atoms with Crippen LogP contribution in [0.25, 0.3) is 0 Å². The third kappa shape index (κ3) is 3.13. The molecular formula is C14H23N3O. The molecule has 0 aromatic carbocycles. The van der Waals surface area contributed by atoms with E-state index in [0.717, 1.165) is 31.2 Å². The first-order chi connectivity index (χ1) is 8.70. The molecule has 4 heteroatoms. The SMILES string of the molecule is CC(C)Oc1cccnc1N1CCCC(CN)C1. The number of anilines is 1. The molecule has 0 spiro atoms. The van der Waals surface area contributed by atoms with Crippen molar-refractivity contribution < 1.29 is 4.74 Å². The summed E-state index contributed by atoms with van der Waals surface area (Å²) in [6, 6.07) is 3.92. The smallest absolute Gasteiger partial charge is 0.171 e. The highest BCUT2D eigenvalue weighted by atomic mass is 16.5. The van der Waals surface area contributed by atoms with Crippen LogP contribution in [0.5, 0.6) is 5.75 Å². The van der Waals surface area contributed by atoms with Gasteiger partial charge in [0.15, 0.2) is 11.6 Å². The molecule has 0 bridgehead atoms. The number of nitrogens with zero attached hydrogens (tertiary/aromatic N) is 2. The predicted molar refractivity (Wildman–Crippen MR) is 74.0 cm³/mol. The van der Waals surface area contributed by atoms with Crippen LogP contribution >= 0.6 is 0 Å². The molecule has 2 N–H and O–H groups in total. The molecule has 4 nitrogen and oxygen atoms in total. The van der Waals surface area contributed by atoms with E-state index in [1.807, 2.05) is 32.2 Å². The summed E-state index contributed by atoms with van der Waals surface area (Å²) in [5.41, 5.74) is 5.78. The van der Waals surface area contributed by atoms with E-state index in [1.54, 1.807) is 0 Å². The maximum atomic E-state index is 5.83. The van der Waals surface area contributed by atoms with E-state index < -0.39 is 0 Å². The van der Waals surface area contributed by atoms with Crippen LogP contribution in [-0.2, 0) is 0 Å². The van der Waals surface area contributed by atoms with E-state index in [2.05, 4.69) is 9.88 Å². The van der Waals surface area contributed by atoms with Crippen molar-refractivity contribution in [3.05, 3.63) is 18.3 Å². The normalized spacial score (nSPS) is 20.2. The summed E-state index contributed by atoms with van der Waals surface area (Å²) >= 11 is 0. The second-order valence-electron chi connectivity index (χ2n) is 5.18. The van der Waals surface area contributed by atoms with Crippen molar-refractivity contribution in [2.24, 2.45) is 11.7 Å². The molecule has 0 radical (unpaired) electrons. The monoisotopic (exact) mass is 249 g/mol. The zero-order valence-corrected chi connectivity index (χ0v) is 11.3. The van der Waals surface area contributed by atoms with Gasteiger partial charge in [-0.05, 0) is 51.3 Å². The van der Waals surface area contributed by atoms with Crippen LogP contribution in [0.15, 0.2) is 18.3 Å². The fourth-order valence-corrected chi connectivity index (χ4v) is 2.42. The minimum atomic E-state index is 0.169. The van der Waals surface area contributed by atoms with Gasteiger partial charge in [0.05, 0.1) is 6.10 Å². The zero-order chi connectivity index (χ0) is 13.0. The first-order valence-corrected chi connectivity index (χ1v) is 6.77. The molecule has 1 fully saturated rings. The summed E-state index contributed by atoms with van der Waals surface area (Å²) in [5.74, 6) is 2.42. The molecule has 1 aromatic rings. The average molecular weight is 249 g/mol. The molecule has 1 aliphatic heterocycles. The largest absolute Gasteiger partial charge is 0.487 e. The predicted octanol–water partition coefficient (Wildman–Crippen LogP) is 2.04. The van der Waals surface area contributed by atoms with Gasteiger partial charge in [-0.2, -0.15) is 0 Å². The van der Waals surface area contributed by atoms with E-state index in [4.69, 9.17) is 10.5 Å². The molecule has 1 aliphatic rings. The Hall–Kier alpha value is -1.29. The van der Waals surface area contributed by atoms with Crippen molar-refractivity contribution in [1.29, 1.82) is 0 Å². The summed E-state index contributed by atoms with van der Waals surface area (Å²) in [5, 5.41) is 0. The lowest BCUT2D eigenvalue weighted by Gasteiger charge is -2.34. The van der Waals surface area contributed by atoms with Gasteiger partial charge in [-0.1, -0.05) is 0 Å². The van der Waals surface area contributed by atoms with Crippen LogP contribution in [-0.4, -0.2) is 30.7 Å². The van der Waals surface area contributed by atoms with Crippen molar-refractivity contribution in [2.75, 3.05) is 24.5 Å². The van der Waals surface area contributed by atoms with Gasteiger partial charge in [0.1, 0.15) is 0 Å². The second kappa shape index (κ2) is 6.05. The van der Waals surface area contributed by atoms with Gasteiger partial charge < -0.3 is 15.4 Å². The maximum Gasteiger partial charge on any atom is 0.171 e. The molecule has 2 heterocycles. The van der Waals surface area contributed by atoms with Gasteiger partial charge in [0.2, 0.25) is 0 Å². The van der Waals surface area contributed by atoms with Gasteiger partial charge >= 0.3 is 0 Å². The first-order valence-electron chi connectivity index (χ1n) is 6.77.